The summed E-state index contributed by atoms with van der Waals surface area (Å²) in [5.41, 5.74) is 16.0. The van der Waals surface area contributed by atoms with E-state index in [9.17, 15) is 0 Å². The second-order valence-electron chi connectivity index (χ2n) is 14.5. The van der Waals surface area contributed by atoms with E-state index in [0.717, 1.165) is 83.2 Å². The Kier molecular flexibility index (Phi) is 7.82. The number of rotatable bonds is 7. The molecule has 3 heteroatoms. The lowest BCUT2D eigenvalue weighted by atomic mass is 9.99. The minimum atomic E-state index is 0.894. The Morgan fingerprint density at radius 3 is 1.44 bits per heavy atom. The number of anilines is 3. The van der Waals surface area contributed by atoms with E-state index in [1.54, 1.807) is 0 Å². The van der Waals surface area contributed by atoms with Gasteiger partial charge in [-0.2, -0.15) is 0 Å². The molecule has 0 aliphatic heterocycles. The molecule has 268 valence electrons. The number of para-hydroxylation sites is 3. The molecular formula is C54H35NO2. The van der Waals surface area contributed by atoms with E-state index in [1.807, 2.05) is 24.3 Å². The summed E-state index contributed by atoms with van der Waals surface area (Å²) in [4.78, 5) is 2.34. The fraction of sp³-hybridized carbons (Fsp3) is 0. The Morgan fingerprint density at radius 2 is 0.737 bits per heavy atom. The zero-order valence-electron chi connectivity index (χ0n) is 31.0. The monoisotopic (exact) mass is 729 g/mol. The highest BCUT2D eigenvalue weighted by molar-refractivity contribution is 6.10. The highest BCUT2D eigenvalue weighted by Crippen LogP contribution is 2.41. The van der Waals surface area contributed by atoms with Crippen LogP contribution >= 0.6 is 0 Å². The Bertz CT molecular complexity index is 3210. The molecule has 0 bridgehead atoms. The van der Waals surface area contributed by atoms with Gasteiger partial charge in [0.1, 0.15) is 22.3 Å². The lowest BCUT2D eigenvalue weighted by Gasteiger charge is -2.26. The predicted molar refractivity (Wildman–Crippen MR) is 237 cm³/mol. The molecule has 0 spiro atoms. The molecule has 57 heavy (non-hydrogen) atoms. The lowest BCUT2D eigenvalue weighted by molar-refractivity contribution is 0.669. The SMILES string of the molecule is c1ccc(-c2ccc(-c3ccc(N(c4ccc(-c5cccc6c5oc5ccccc56)cc4)c4cccc(-c5ccc6oc7ccccc7c6c5)c4)cc3)cc2)cc1. The number of furan rings is 2. The summed E-state index contributed by atoms with van der Waals surface area (Å²) in [6.45, 7) is 0. The van der Waals surface area contributed by atoms with Gasteiger partial charge in [0.25, 0.3) is 0 Å². The van der Waals surface area contributed by atoms with Crippen molar-refractivity contribution < 1.29 is 8.83 Å². The average Bonchev–Trinajstić information content (AvgIpc) is 3.86. The number of hydrogen-bond donors (Lipinski definition) is 0. The first-order chi connectivity index (χ1) is 28.2. The molecule has 11 rings (SSSR count). The Hall–Kier alpha value is -7.62. The molecule has 0 fully saturated rings. The first kappa shape index (κ1) is 32.8. The third kappa shape index (κ3) is 5.85. The summed E-state index contributed by atoms with van der Waals surface area (Å²) >= 11 is 0. The van der Waals surface area contributed by atoms with Crippen LogP contribution in [-0.2, 0) is 0 Å². The van der Waals surface area contributed by atoms with Gasteiger partial charge in [-0.1, -0.05) is 152 Å². The van der Waals surface area contributed by atoms with Gasteiger partial charge in [0.15, 0.2) is 0 Å². The molecule has 3 nitrogen and oxygen atoms in total. The summed E-state index contributed by atoms with van der Waals surface area (Å²) in [5, 5.41) is 4.50. The van der Waals surface area contributed by atoms with Crippen molar-refractivity contribution in [2.24, 2.45) is 0 Å². The molecule has 0 amide bonds. The summed E-state index contributed by atoms with van der Waals surface area (Å²) in [6.07, 6.45) is 0. The third-order valence-corrected chi connectivity index (χ3v) is 11.1. The zero-order chi connectivity index (χ0) is 37.7. The number of fused-ring (bicyclic) bond motifs is 6. The number of hydrogen-bond acceptors (Lipinski definition) is 3. The van der Waals surface area contributed by atoms with Crippen LogP contribution in [0.3, 0.4) is 0 Å². The fourth-order valence-corrected chi connectivity index (χ4v) is 8.23. The van der Waals surface area contributed by atoms with Crippen molar-refractivity contribution in [1.29, 1.82) is 0 Å². The zero-order valence-corrected chi connectivity index (χ0v) is 31.0. The largest absolute Gasteiger partial charge is 0.456 e. The maximum Gasteiger partial charge on any atom is 0.143 e. The van der Waals surface area contributed by atoms with Gasteiger partial charge < -0.3 is 13.7 Å². The maximum absolute atomic E-state index is 6.42. The molecule has 0 unspecified atom stereocenters. The van der Waals surface area contributed by atoms with Crippen LogP contribution in [0.1, 0.15) is 0 Å². The van der Waals surface area contributed by atoms with E-state index in [1.165, 1.54) is 22.3 Å². The van der Waals surface area contributed by atoms with Crippen LogP contribution in [0.5, 0.6) is 0 Å². The van der Waals surface area contributed by atoms with Crippen molar-refractivity contribution >= 4 is 60.9 Å². The second kappa shape index (κ2) is 13.6. The van der Waals surface area contributed by atoms with Gasteiger partial charge >= 0.3 is 0 Å². The molecule has 2 heterocycles. The quantitative estimate of drug-likeness (QED) is 0.164. The molecule has 0 N–H and O–H groups in total. The molecular weight excluding hydrogens is 695 g/mol. The Morgan fingerprint density at radius 1 is 0.263 bits per heavy atom. The predicted octanol–water partition coefficient (Wildman–Crippen LogP) is 15.6. The molecule has 0 saturated heterocycles. The summed E-state index contributed by atoms with van der Waals surface area (Å²) < 4.78 is 12.6. The van der Waals surface area contributed by atoms with E-state index in [2.05, 4.69) is 193 Å². The van der Waals surface area contributed by atoms with E-state index in [-0.39, 0.29) is 0 Å². The molecule has 0 saturated carbocycles. The van der Waals surface area contributed by atoms with Gasteiger partial charge in [-0.3, -0.25) is 0 Å². The summed E-state index contributed by atoms with van der Waals surface area (Å²) in [6, 6.07) is 75.2. The van der Waals surface area contributed by atoms with E-state index < -0.39 is 0 Å². The van der Waals surface area contributed by atoms with Gasteiger partial charge in [0.05, 0.1) is 0 Å². The van der Waals surface area contributed by atoms with Crippen molar-refractivity contribution in [2.75, 3.05) is 4.90 Å². The summed E-state index contributed by atoms with van der Waals surface area (Å²) in [5.74, 6) is 0. The first-order valence-electron chi connectivity index (χ1n) is 19.3. The average molecular weight is 730 g/mol. The van der Waals surface area contributed by atoms with Crippen LogP contribution in [0.15, 0.2) is 221 Å². The molecule has 0 atom stereocenters. The fourth-order valence-electron chi connectivity index (χ4n) is 8.23. The van der Waals surface area contributed by atoms with Gasteiger partial charge in [-0.25, -0.2) is 0 Å². The summed E-state index contributed by atoms with van der Waals surface area (Å²) in [7, 11) is 0. The van der Waals surface area contributed by atoms with E-state index in [0.29, 0.717) is 0 Å². The molecule has 0 aliphatic carbocycles. The standard InChI is InChI=1S/C54H35NO2/c1-2-10-36(11-3-1)37-20-22-38(23-21-37)39-24-29-43(30-25-39)55(44-31-26-40(27-32-44)46-16-9-17-49-47-14-4-7-19-52(47)57-54(46)49)45-13-8-12-41(34-45)42-28-33-53-50(35-42)48-15-5-6-18-51(48)56-53/h1-35H. The first-order valence-corrected chi connectivity index (χ1v) is 19.3. The third-order valence-electron chi connectivity index (χ3n) is 11.1. The second-order valence-corrected chi connectivity index (χ2v) is 14.5. The topological polar surface area (TPSA) is 29.5 Å². The number of benzene rings is 9. The molecule has 2 aromatic heterocycles. The van der Waals surface area contributed by atoms with E-state index in [4.69, 9.17) is 8.83 Å². The minimum absolute atomic E-state index is 0.894. The Balaban J connectivity index is 0.989. The van der Waals surface area contributed by atoms with Gasteiger partial charge in [-0.05, 0) is 99.6 Å². The van der Waals surface area contributed by atoms with Gasteiger partial charge in [0, 0.05) is 44.2 Å². The number of nitrogens with zero attached hydrogens (tertiary/aromatic N) is 1. The smallest absolute Gasteiger partial charge is 0.143 e. The van der Waals surface area contributed by atoms with Crippen molar-refractivity contribution in [2.45, 2.75) is 0 Å². The lowest BCUT2D eigenvalue weighted by Crippen LogP contribution is -2.10. The molecule has 11 aromatic rings. The van der Waals surface area contributed by atoms with E-state index >= 15 is 0 Å². The Labute approximate surface area is 330 Å². The van der Waals surface area contributed by atoms with Crippen LogP contribution in [0.2, 0.25) is 0 Å². The highest BCUT2D eigenvalue weighted by atomic mass is 16.3. The van der Waals surface area contributed by atoms with Crippen molar-refractivity contribution in [3.05, 3.63) is 212 Å². The highest BCUT2D eigenvalue weighted by Gasteiger charge is 2.17. The van der Waals surface area contributed by atoms with Crippen molar-refractivity contribution in [3.8, 4) is 44.5 Å². The van der Waals surface area contributed by atoms with Crippen LogP contribution in [-0.4, -0.2) is 0 Å². The van der Waals surface area contributed by atoms with Gasteiger partial charge in [0.2, 0.25) is 0 Å². The van der Waals surface area contributed by atoms with Crippen LogP contribution < -0.4 is 4.90 Å². The van der Waals surface area contributed by atoms with Crippen LogP contribution in [0, 0.1) is 0 Å². The minimum Gasteiger partial charge on any atom is -0.456 e. The van der Waals surface area contributed by atoms with Crippen LogP contribution in [0.25, 0.3) is 88.4 Å². The molecule has 9 aromatic carbocycles. The normalized spacial score (nSPS) is 11.5. The van der Waals surface area contributed by atoms with Crippen molar-refractivity contribution in [3.63, 3.8) is 0 Å². The molecule has 0 aliphatic rings. The van der Waals surface area contributed by atoms with Crippen LogP contribution in [0.4, 0.5) is 17.1 Å². The van der Waals surface area contributed by atoms with Crippen molar-refractivity contribution in [1.82, 2.24) is 0 Å². The molecule has 0 radical (unpaired) electrons. The maximum atomic E-state index is 6.42. The van der Waals surface area contributed by atoms with Gasteiger partial charge in [-0.15, -0.1) is 0 Å².